The van der Waals surface area contributed by atoms with Gasteiger partial charge in [0.2, 0.25) is 0 Å². The summed E-state index contributed by atoms with van der Waals surface area (Å²) in [7, 11) is -0.879. The predicted octanol–water partition coefficient (Wildman–Crippen LogP) is 7.02. The average Bonchev–Trinajstić information content (AvgIpc) is 2.73. The van der Waals surface area contributed by atoms with Crippen molar-refractivity contribution in [3.8, 4) is 0 Å². The number of aromatic carboxylic acids is 2. The van der Waals surface area contributed by atoms with Gasteiger partial charge in [0.25, 0.3) is 0 Å². The minimum absolute atomic E-state index is 0.190. The Labute approximate surface area is 178 Å². The van der Waals surface area contributed by atoms with Gasteiger partial charge < -0.3 is 10.2 Å². The summed E-state index contributed by atoms with van der Waals surface area (Å²) in [5.74, 6) is -2.46. The van der Waals surface area contributed by atoms with E-state index in [1.54, 1.807) is 24.6 Å². The van der Waals surface area contributed by atoms with E-state index in [0.717, 1.165) is 0 Å². The number of hydrogen-bond acceptors (Lipinski definition) is 2. The van der Waals surface area contributed by atoms with Crippen LogP contribution in [0.3, 0.4) is 0 Å². The molecule has 0 spiro atoms. The Morgan fingerprint density at radius 2 is 0.931 bits per heavy atom. The monoisotopic (exact) mass is 426 g/mol. The standard InChI is InChI=1S/C16H37P.C8H6O4/c1-5-9-13-17(14-10-6-2,15-11-7-3)16-12-8-4;9-7(10)5-3-1-2-4-6(5)8(11)12/h17H,5-16H2,1-4H3;1-4H,(H,9,10)(H,11,12). The largest absolute Gasteiger partial charge is 0.478 e. The van der Waals surface area contributed by atoms with Crippen LogP contribution in [-0.2, 0) is 0 Å². The second-order valence-corrected chi connectivity index (χ2v) is 13.1. The van der Waals surface area contributed by atoms with E-state index in [0.29, 0.717) is 0 Å². The van der Waals surface area contributed by atoms with Gasteiger partial charge in [0.15, 0.2) is 0 Å². The molecule has 0 bridgehead atoms. The molecule has 0 aliphatic heterocycles. The molecular weight excluding hydrogens is 383 g/mol. The van der Waals surface area contributed by atoms with Crippen molar-refractivity contribution in [1.82, 2.24) is 0 Å². The Hall–Kier alpha value is -1.41. The van der Waals surface area contributed by atoms with Gasteiger partial charge in [-0.3, -0.25) is 0 Å². The third kappa shape index (κ3) is 11.4. The van der Waals surface area contributed by atoms with E-state index in [1.165, 1.54) is 75.6 Å². The second-order valence-electron chi connectivity index (χ2n) is 8.07. The third-order valence-corrected chi connectivity index (χ3v) is 11.3. The van der Waals surface area contributed by atoms with Gasteiger partial charge in [-0.15, -0.1) is 0 Å². The fourth-order valence-electron chi connectivity index (χ4n) is 3.81. The molecule has 0 atom stereocenters. The topological polar surface area (TPSA) is 74.6 Å². The van der Waals surface area contributed by atoms with Crippen molar-refractivity contribution >= 4 is 19.2 Å². The zero-order valence-corrected chi connectivity index (χ0v) is 20.0. The van der Waals surface area contributed by atoms with Crippen LogP contribution >= 0.6 is 7.26 Å². The fourth-order valence-corrected chi connectivity index (χ4v) is 9.73. The van der Waals surface area contributed by atoms with E-state index in [4.69, 9.17) is 10.2 Å². The second kappa shape index (κ2) is 16.4. The van der Waals surface area contributed by atoms with Gasteiger partial charge in [-0.05, 0) is 12.1 Å². The third-order valence-electron chi connectivity index (χ3n) is 5.63. The van der Waals surface area contributed by atoms with Crippen LogP contribution in [0.25, 0.3) is 0 Å². The normalized spacial score (nSPS) is 11.4. The summed E-state index contributed by atoms with van der Waals surface area (Å²) in [5, 5.41) is 17.1. The first-order valence-corrected chi connectivity index (χ1v) is 14.3. The van der Waals surface area contributed by atoms with Crippen molar-refractivity contribution in [3.63, 3.8) is 0 Å². The molecule has 0 aromatic heterocycles. The number of unbranched alkanes of at least 4 members (excludes halogenated alkanes) is 4. The molecule has 0 saturated heterocycles. The maximum Gasteiger partial charge on any atom is 0.336 e. The smallest absolute Gasteiger partial charge is 0.336 e. The maximum atomic E-state index is 10.5. The quantitative estimate of drug-likeness (QED) is 0.313. The maximum absolute atomic E-state index is 10.5. The molecule has 5 heteroatoms. The molecule has 0 aliphatic carbocycles. The molecule has 2 N–H and O–H groups in total. The Bertz CT molecular complexity index is 515. The van der Waals surface area contributed by atoms with Crippen LogP contribution in [0.5, 0.6) is 0 Å². The number of carboxylic acids is 2. The summed E-state index contributed by atoms with van der Waals surface area (Å²) in [4.78, 5) is 20.9. The first kappa shape index (κ1) is 27.6. The van der Waals surface area contributed by atoms with E-state index in [9.17, 15) is 9.59 Å². The minimum Gasteiger partial charge on any atom is -0.478 e. The molecule has 0 amide bonds. The van der Waals surface area contributed by atoms with E-state index < -0.39 is 19.2 Å². The summed E-state index contributed by atoms with van der Waals surface area (Å²) in [6.45, 7) is 9.44. The molecule has 0 aliphatic rings. The number of hydrogen-bond donors (Lipinski definition) is 2. The Morgan fingerprint density at radius 3 is 1.14 bits per heavy atom. The number of carboxylic acid groups (broad SMARTS) is 2. The molecule has 168 valence electrons. The Kier molecular flexibility index (Phi) is 15.6. The SMILES string of the molecule is CCCC[PH](CCCC)(CCCC)CCCC.O=C(O)c1ccccc1C(=O)O. The van der Waals surface area contributed by atoms with Gasteiger partial charge in [0, 0.05) is 0 Å². The van der Waals surface area contributed by atoms with E-state index in [-0.39, 0.29) is 11.1 Å². The zero-order valence-electron chi connectivity index (χ0n) is 19.0. The van der Waals surface area contributed by atoms with Crippen molar-refractivity contribution in [2.24, 2.45) is 0 Å². The van der Waals surface area contributed by atoms with Crippen molar-refractivity contribution in [3.05, 3.63) is 35.4 Å². The van der Waals surface area contributed by atoms with Gasteiger partial charge >= 0.3 is 123 Å². The van der Waals surface area contributed by atoms with Crippen LogP contribution in [-0.4, -0.2) is 46.8 Å². The molecule has 1 aromatic rings. The van der Waals surface area contributed by atoms with Gasteiger partial charge in [0.1, 0.15) is 0 Å². The summed E-state index contributed by atoms with van der Waals surface area (Å²) >= 11 is 0. The Morgan fingerprint density at radius 1 is 0.655 bits per heavy atom. The van der Waals surface area contributed by atoms with E-state index >= 15 is 0 Å². The van der Waals surface area contributed by atoms with Gasteiger partial charge in [-0.2, -0.15) is 0 Å². The van der Waals surface area contributed by atoms with Gasteiger partial charge in [-0.1, -0.05) is 12.1 Å². The van der Waals surface area contributed by atoms with Crippen LogP contribution in [0.2, 0.25) is 0 Å². The summed E-state index contributed by atoms with van der Waals surface area (Å²) < 4.78 is 0. The molecule has 1 rings (SSSR count). The number of carbonyl (C=O) groups is 2. The molecule has 0 saturated carbocycles. The minimum atomic E-state index is -1.23. The molecule has 29 heavy (non-hydrogen) atoms. The van der Waals surface area contributed by atoms with Crippen molar-refractivity contribution in [2.75, 3.05) is 24.6 Å². The number of rotatable bonds is 14. The van der Waals surface area contributed by atoms with Crippen molar-refractivity contribution in [2.45, 2.75) is 79.1 Å². The van der Waals surface area contributed by atoms with Crippen LogP contribution in [0.15, 0.2) is 24.3 Å². The fraction of sp³-hybridized carbons (Fsp3) is 0.667. The van der Waals surface area contributed by atoms with E-state index in [1.807, 2.05) is 0 Å². The molecule has 0 heterocycles. The molecule has 0 radical (unpaired) electrons. The molecular formula is C24H43O4P. The molecule has 0 fully saturated rings. The van der Waals surface area contributed by atoms with Crippen molar-refractivity contribution < 1.29 is 19.8 Å². The average molecular weight is 427 g/mol. The predicted molar refractivity (Wildman–Crippen MR) is 128 cm³/mol. The Balaban J connectivity index is 0.000000571. The van der Waals surface area contributed by atoms with E-state index in [2.05, 4.69) is 27.7 Å². The van der Waals surface area contributed by atoms with Crippen molar-refractivity contribution in [1.29, 1.82) is 0 Å². The first-order valence-electron chi connectivity index (χ1n) is 11.4. The molecule has 1 aromatic carbocycles. The van der Waals surface area contributed by atoms with Crippen LogP contribution in [0.1, 0.15) is 99.8 Å². The van der Waals surface area contributed by atoms with Gasteiger partial charge in [-0.25, -0.2) is 9.59 Å². The van der Waals surface area contributed by atoms with Crippen LogP contribution in [0.4, 0.5) is 0 Å². The van der Waals surface area contributed by atoms with Crippen LogP contribution < -0.4 is 0 Å². The molecule has 0 unspecified atom stereocenters. The zero-order chi connectivity index (χ0) is 22.1. The molecule has 4 nitrogen and oxygen atoms in total. The van der Waals surface area contributed by atoms with Crippen LogP contribution in [0, 0.1) is 0 Å². The van der Waals surface area contributed by atoms with Gasteiger partial charge in [0.05, 0.1) is 11.1 Å². The summed E-state index contributed by atoms with van der Waals surface area (Å²) in [5.41, 5.74) is -0.380. The summed E-state index contributed by atoms with van der Waals surface area (Å²) in [6, 6.07) is 5.48. The number of benzene rings is 1. The summed E-state index contributed by atoms with van der Waals surface area (Å²) in [6.07, 6.45) is 18.1. The first-order chi connectivity index (χ1) is 13.9.